The van der Waals surface area contributed by atoms with Gasteiger partial charge in [0.05, 0.1) is 5.92 Å². The third-order valence-corrected chi connectivity index (χ3v) is 5.96. The standard InChI is InChI=1S/C19H18F2N2OS.BrH/c20-14-8-6-13(7-9-14)17(15-4-1-2-5-16(15)21)19(24)12-25-18-22-10-3-11-23(18)19;/h1-2,4-9,17,24H,3,10-12H2;1H. The Morgan fingerprint density at radius 2 is 1.85 bits per heavy atom. The molecule has 0 aromatic heterocycles. The van der Waals surface area contributed by atoms with Crippen molar-refractivity contribution in [2.45, 2.75) is 18.1 Å². The topological polar surface area (TPSA) is 35.8 Å². The Bertz CT molecular complexity index is 817. The number of hydrogen-bond donors (Lipinski definition) is 1. The van der Waals surface area contributed by atoms with Crippen LogP contribution in [0.15, 0.2) is 53.5 Å². The van der Waals surface area contributed by atoms with Crippen molar-refractivity contribution in [1.82, 2.24) is 4.90 Å². The third-order valence-electron chi connectivity index (χ3n) is 4.78. The zero-order valence-electron chi connectivity index (χ0n) is 13.9. The molecule has 0 radical (unpaired) electrons. The van der Waals surface area contributed by atoms with E-state index < -0.39 is 11.6 Å². The van der Waals surface area contributed by atoms with Crippen LogP contribution >= 0.6 is 28.7 Å². The number of fused-ring (bicyclic) bond motifs is 1. The van der Waals surface area contributed by atoms with E-state index in [2.05, 4.69) is 4.99 Å². The lowest BCUT2D eigenvalue weighted by Crippen LogP contribution is -2.53. The molecule has 0 saturated carbocycles. The molecule has 1 N–H and O–H groups in total. The van der Waals surface area contributed by atoms with E-state index in [-0.39, 0.29) is 28.6 Å². The van der Waals surface area contributed by atoms with Crippen LogP contribution in [0.25, 0.3) is 0 Å². The van der Waals surface area contributed by atoms with E-state index in [9.17, 15) is 13.9 Å². The summed E-state index contributed by atoms with van der Waals surface area (Å²) in [6.45, 7) is 1.42. The number of rotatable bonds is 3. The van der Waals surface area contributed by atoms with Crippen molar-refractivity contribution >= 4 is 33.9 Å². The van der Waals surface area contributed by atoms with Crippen LogP contribution < -0.4 is 0 Å². The predicted molar refractivity (Wildman–Crippen MR) is 106 cm³/mol. The van der Waals surface area contributed by atoms with Gasteiger partial charge in [-0.25, -0.2) is 8.78 Å². The van der Waals surface area contributed by atoms with Crippen LogP contribution in [0.5, 0.6) is 0 Å². The average molecular weight is 441 g/mol. The molecule has 2 aliphatic rings. The van der Waals surface area contributed by atoms with E-state index in [0.29, 0.717) is 23.4 Å². The fourth-order valence-corrected chi connectivity index (χ4v) is 4.87. The number of nitrogens with zero attached hydrogens (tertiary/aromatic N) is 2. The maximum atomic E-state index is 14.6. The molecule has 1 saturated heterocycles. The van der Waals surface area contributed by atoms with Gasteiger partial charge in [0.1, 0.15) is 11.6 Å². The molecule has 7 heteroatoms. The summed E-state index contributed by atoms with van der Waals surface area (Å²) >= 11 is 1.49. The molecule has 3 nitrogen and oxygen atoms in total. The highest BCUT2D eigenvalue weighted by atomic mass is 79.9. The van der Waals surface area contributed by atoms with E-state index in [4.69, 9.17) is 0 Å². The molecule has 2 atom stereocenters. The van der Waals surface area contributed by atoms with Crippen molar-refractivity contribution in [3.05, 3.63) is 71.3 Å². The van der Waals surface area contributed by atoms with Crippen molar-refractivity contribution in [2.24, 2.45) is 4.99 Å². The molecule has 2 aliphatic heterocycles. The zero-order chi connectivity index (χ0) is 17.4. The summed E-state index contributed by atoms with van der Waals surface area (Å²) < 4.78 is 28.0. The summed E-state index contributed by atoms with van der Waals surface area (Å²) in [5, 5.41) is 12.4. The summed E-state index contributed by atoms with van der Waals surface area (Å²) in [6.07, 6.45) is 0.847. The molecular weight excluding hydrogens is 422 g/mol. The Morgan fingerprint density at radius 1 is 1.12 bits per heavy atom. The van der Waals surface area contributed by atoms with Gasteiger partial charge >= 0.3 is 0 Å². The molecule has 0 spiro atoms. The minimum Gasteiger partial charge on any atom is -0.369 e. The van der Waals surface area contributed by atoms with Gasteiger partial charge in [-0.2, -0.15) is 0 Å². The zero-order valence-corrected chi connectivity index (χ0v) is 16.5. The second kappa shape index (κ2) is 7.66. The molecule has 0 bridgehead atoms. The number of amidine groups is 1. The second-order valence-electron chi connectivity index (χ2n) is 6.34. The van der Waals surface area contributed by atoms with E-state index in [1.54, 1.807) is 30.3 Å². The first-order valence-corrected chi connectivity index (χ1v) is 9.25. The van der Waals surface area contributed by atoms with Gasteiger partial charge in [-0.05, 0) is 30.2 Å². The van der Waals surface area contributed by atoms with Crippen molar-refractivity contribution < 1.29 is 13.9 Å². The summed E-state index contributed by atoms with van der Waals surface area (Å²) in [7, 11) is 0. The van der Waals surface area contributed by atoms with Gasteiger partial charge in [0, 0.05) is 24.4 Å². The predicted octanol–water partition coefficient (Wildman–Crippen LogP) is 4.17. The fourth-order valence-electron chi connectivity index (χ4n) is 3.62. The van der Waals surface area contributed by atoms with Crippen LogP contribution in [0.1, 0.15) is 23.5 Å². The average Bonchev–Trinajstić information content (AvgIpc) is 2.97. The van der Waals surface area contributed by atoms with E-state index >= 15 is 0 Å². The largest absolute Gasteiger partial charge is 0.369 e. The van der Waals surface area contributed by atoms with Gasteiger partial charge in [0.25, 0.3) is 0 Å². The summed E-state index contributed by atoms with van der Waals surface area (Å²) in [6, 6.07) is 12.4. The maximum Gasteiger partial charge on any atom is 0.161 e. The number of benzene rings is 2. The lowest BCUT2D eigenvalue weighted by molar-refractivity contribution is -0.0580. The number of halogens is 3. The van der Waals surface area contributed by atoms with Crippen molar-refractivity contribution in [1.29, 1.82) is 0 Å². The Hall–Kier alpha value is -1.44. The van der Waals surface area contributed by atoms with Gasteiger partial charge in [-0.15, -0.1) is 17.0 Å². The quantitative estimate of drug-likeness (QED) is 0.777. The lowest BCUT2D eigenvalue weighted by atomic mass is 9.82. The summed E-state index contributed by atoms with van der Waals surface area (Å²) in [5.74, 6) is -0.975. The maximum absolute atomic E-state index is 14.6. The molecule has 4 rings (SSSR count). The number of aliphatic hydroxyl groups is 1. The van der Waals surface area contributed by atoms with Gasteiger partial charge in [0.15, 0.2) is 10.9 Å². The van der Waals surface area contributed by atoms with Crippen LogP contribution in [0, 0.1) is 11.6 Å². The van der Waals surface area contributed by atoms with Crippen LogP contribution in [0.2, 0.25) is 0 Å². The monoisotopic (exact) mass is 440 g/mol. The number of hydrogen-bond acceptors (Lipinski definition) is 4. The molecule has 26 heavy (non-hydrogen) atoms. The molecule has 2 unspecified atom stereocenters. The van der Waals surface area contributed by atoms with E-state index in [0.717, 1.165) is 18.1 Å². The molecule has 0 aliphatic carbocycles. The van der Waals surface area contributed by atoms with E-state index in [1.807, 2.05) is 4.90 Å². The van der Waals surface area contributed by atoms with Crippen LogP contribution in [-0.2, 0) is 0 Å². The van der Waals surface area contributed by atoms with Crippen LogP contribution in [0.4, 0.5) is 8.78 Å². The highest BCUT2D eigenvalue weighted by molar-refractivity contribution is 8.93. The first-order valence-electron chi connectivity index (χ1n) is 8.27. The number of thioether (sulfide) groups is 1. The van der Waals surface area contributed by atoms with Gasteiger partial charge in [-0.1, -0.05) is 42.1 Å². The minimum absolute atomic E-state index is 0. The number of aliphatic imine (C=N–C) groups is 1. The Morgan fingerprint density at radius 3 is 2.58 bits per heavy atom. The van der Waals surface area contributed by atoms with E-state index in [1.165, 1.54) is 30.0 Å². The second-order valence-corrected chi connectivity index (χ2v) is 7.29. The van der Waals surface area contributed by atoms with Crippen LogP contribution in [-0.4, -0.2) is 39.7 Å². The molecular formula is C19H19BrF2N2OS. The SMILES string of the molecule is Br.OC1(C(c2ccc(F)cc2)c2ccccc2F)CSC2=NCCCN21. The highest BCUT2D eigenvalue weighted by Gasteiger charge is 2.51. The molecule has 2 aromatic rings. The Balaban J connectivity index is 0.00000196. The molecule has 0 amide bonds. The fraction of sp³-hybridized carbons (Fsp3) is 0.316. The van der Waals surface area contributed by atoms with Crippen LogP contribution in [0.3, 0.4) is 0 Å². The molecule has 1 fully saturated rings. The van der Waals surface area contributed by atoms with Crippen molar-refractivity contribution in [3.8, 4) is 0 Å². The van der Waals surface area contributed by atoms with Gasteiger partial charge in [0.2, 0.25) is 0 Å². The first-order chi connectivity index (χ1) is 12.1. The minimum atomic E-state index is -1.30. The summed E-state index contributed by atoms with van der Waals surface area (Å²) in [4.78, 5) is 6.36. The Labute approximate surface area is 165 Å². The molecule has 138 valence electrons. The van der Waals surface area contributed by atoms with Crippen molar-refractivity contribution in [3.63, 3.8) is 0 Å². The lowest BCUT2D eigenvalue weighted by Gasteiger charge is -2.42. The van der Waals surface area contributed by atoms with Crippen molar-refractivity contribution in [2.75, 3.05) is 18.8 Å². The molecule has 2 heterocycles. The Kier molecular flexibility index (Phi) is 5.69. The van der Waals surface area contributed by atoms with Gasteiger partial charge < -0.3 is 10.0 Å². The third kappa shape index (κ3) is 3.28. The summed E-state index contributed by atoms with van der Waals surface area (Å²) in [5.41, 5.74) is -0.213. The first kappa shape index (κ1) is 19.3. The normalized spacial score (nSPS) is 23.0. The highest BCUT2D eigenvalue weighted by Crippen LogP contribution is 2.46. The van der Waals surface area contributed by atoms with Gasteiger partial charge in [-0.3, -0.25) is 4.99 Å². The smallest absolute Gasteiger partial charge is 0.161 e. The molecule has 2 aromatic carbocycles.